The van der Waals surface area contributed by atoms with Gasteiger partial charge in [-0.2, -0.15) is 0 Å². The molecule has 2 N–H and O–H groups in total. The molecule has 26 heavy (non-hydrogen) atoms. The molecule has 9 heteroatoms. The lowest BCUT2D eigenvalue weighted by Crippen LogP contribution is -2.26. The van der Waals surface area contributed by atoms with Crippen molar-refractivity contribution in [1.29, 1.82) is 0 Å². The third kappa shape index (κ3) is 4.67. The number of hydrogen-bond donors (Lipinski definition) is 2. The first kappa shape index (κ1) is 18.5. The molecular weight excluding hydrogens is 356 g/mol. The first-order valence-electron chi connectivity index (χ1n) is 8.45. The second-order valence-corrected chi connectivity index (χ2v) is 6.88. The van der Waals surface area contributed by atoms with Crippen molar-refractivity contribution in [3.05, 3.63) is 40.3 Å². The minimum atomic E-state index is -0.280. The van der Waals surface area contributed by atoms with Gasteiger partial charge in [0.05, 0.1) is 25.5 Å². The second kappa shape index (κ2) is 8.91. The third-order valence-corrected chi connectivity index (χ3v) is 5.11. The maximum atomic E-state index is 12.1. The van der Waals surface area contributed by atoms with E-state index in [1.54, 1.807) is 7.11 Å². The van der Waals surface area contributed by atoms with Crippen LogP contribution < -0.4 is 15.7 Å². The topological polar surface area (TPSA) is 98.2 Å². The van der Waals surface area contributed by atoms with Crippen LogP contribution in [0.25, 0.3) is 0 Å². The molecule has 0 aliphatic carbocycles. The highest BCUT2D eigenvalue weighted by molar-refractivity contribution is 7.99. The maximum Gasteiger partial charge on any atom is 0.344 e. The maximum absolute atomic E-state index is 12.1. The van der Waals surface area contributed by atoms with E-state index in [0.717, 1.165) is 30.8 Å². The molecule has 0 saturated carbocycles. The summed E-state index contributed by atoms with van der Waals surface area (Å²) in [7, 11) is 1.60. The summed E-state index contributed by atoms with van der Waals surface area (Å²) in [6.07, 6.45) is 1.97. The Morgan fingerprint density at radius 1 is 1.50 bits per heavy atom. The number of nitrogens with zero attached hydrogens (tertiary/aromatic N) is 2. The Hall–Kier alpha value is -2.26. The summed E-state index contributed by atoms with van der Waals surface area (Å²) in [5.74, 6) is 0.767. The molecule has 2 aromatic rings. The van der Waals surface area contributed by atoms with Crippen LogP contribution in [-0.2, 0) is 22.6 Å². The van der Waals surface area contributed by atoms with Gasteiger partial charge in [-0.1, -0.05) is 30.0 Å². The van der Waals surface area contributed by atoms with E-state index < -0.39 is 0 Å². The Balaban J connectivity index is 1.52. The predicted molar refractivity (Wildman–Crippen MR) is 97.4 cm³/mol. The zero-order valence-electron chi connectivity index (χ0n) is 14.6. The van der Waals surface area contributed by atoms with Crippen LogP contribution in [0, 0.1) is 0 Å². The summed E-state index contributed by atoms with van der Waals surface area (Å²) in [5.41, 5.74) is 0.626. The first-order chi connectivity index (χ1) is 12.7. The van der Waals surface area contributed by atoms with Crippen molar-refractivity contribution in [1.82, 2.24) is 20.1 Å². The summed E-state index contributed by atoms with van der Waals surface area (Å²) < 4.78 is 12.4. The monoisotopic (exact) mass is 378 g/mol. The van der Waals surface area contributed by atoms with Crippen LogP contribution in [0.4, 0.5) is 0 Å². The molecule has 1 fully saturated rings. The van der Waals surface area contributed by atoms with Crippen LogP contribution in [0.1, 0.15) is 18.4 Å². The Morgan fingerprint density at radius 2 is 2.35 bits per heavy atom. The van der Waals surface area contributed by atoms with Gasteiger partial charge in [0.15, 0.2) is 5.16 Å². The van der Waals surface area contributed by atoms with Crippen molar-refractivity contribution in [2.24, 2.45) is 0 Å². The van der Waals surface area contributed by atoms with Crippen molar-refractivity contribution in [2.45, 2.75) is 37.2 Å². The SMILES string of the molecule is COc1ccccc1CNC(=O)CSc1n[nH]c(=O)n1C[C@H]1CCCO1. The molecule has 1 amide bonds. The van der Waals surface area contributed by atoms with Crippen molar-refractivity contribution >= 4 is 17.7 Å². The van der Waals surface area contributed by atoms with Gasteiger partial charge < -0.3 is 14.8 Å². The van der Waals surface area contributed by atoms with Gasteiger partial charge >= 0.3 is 5.69 Å². The van der Waals surface area contributed by atoms with E-state index >= 15 is 0 Å². The standard InChI is InChI=1S/C17H22N4O4S/c1-24-14-7-3-2-5-12(14)9-18-15(22)11-26-17-20-19-16(23)21(17)10-13-6-4-8-25-13/h2-3,5,7,13H,4,6,8-11H2,1H3,(H,18,22)(H,19,23)/t13-/m1/s1. The average molecular weight is 378 g/mol. The second-order valence-electron chi connectivity index (χ2n) is 5.93. The van der Waals surface area contributed by atoms with Gasteiger partial charge in [0.1, 0.15) is 5.75 Å². The van der Waals surface area contributed by atoms with Gasteiger partial charge in [-0.15, -0.1) is 5.10 Å². The first-order valence-corrected chi connectivity index (χ1v) is 9.44. The lowest BCUT2D eigenvalue weighted by Gasteiger charge is -2.11. The van der Waals surface area contributed by atoms with Crippen molar-refractivity contribution in [3.63, 3.8) is 0 Å². The fourth-order valence-corrected chi connectivity index (χ4v) is 3.58. The number of nitrogens with one attached hydrogen (secondary N) is 2. The lowest BCUT2D eigenvalue weighted by molar-refractivity contribution is -0.118. The van der Waals surface area contributed by atoms with Crippen molar-refractivity contribution < 1.29 is 14.3 Å². The highest BCUT2D eigenvalue weighted by Crippen LogP contribution is 2.19. The fraction of sp³-hybridized carbons (Fsp3) is 0.471. The number of carbonyl (C=O) groups is 1. The molecule has 1 aromatic heterocycles. The van der Waals surface area contributed by atoms with E-state index in [1.165, 1.54) is 16.3 Å². The number of thioether (sulfide) groups is 1. The number of ether oxygens (including phenoxy) is 2. The Morgan fingerprint density at radius 3 is 3.12 bits per heavy atom. The number of carbonyl (C=O) groups excluding carboxylic acids is 1. The van der Waals surface area contributed by atoms with E-state index in [0.29, 0.717) is 18.2 Å². The van der Waals surface area contributed by atoms with Gasteiger partial charge in [-0.05, 0) is 18.9 Å². The van der Waals surface area contributed by atoms with Gasteiger partial charge in [0, 0.05) is 18.7 Å². The highest BCUT2D eigenvalue weighted by Gasteiger charge is 2.20. The molecule has 140 valence electrons. The van der Waals surface area contributed by atoms with Gasteiger partial charge in [0.25, 0.3) is 0 Å². The molecule has 0 bridgehead atoms. The van der Waals surface area contributed by atoms with Gasteiger partial charge in [-0.3, -0.25) is 9.36 Å². The van der Waals surface area contributed by atoms with E-state index in [-0.39, 0.29) is 23.5 Å². The van der Waals surface area contributed by atoms with Crippen molar-refractivity contribution in [2.75, 3.05) is 19.5 Å². The summed E-state index contributed by atoms with van der Waals surface area (Å²) in [6.45, 7) is 1.57. The summed E-state index contributed by atoms with van der Waals surface area (Å²) in [4.78, 5) is 24.0. The number of H-pyrrole nitrogens is 1. The number of amides is 1. The number of methoxy groups -OCH3 is 1. The average Bonchev–Trinajstić information content (AvgIpc) is 3.29. The van der Waals surface area contributed by atoms with Crippen LogP contribution in [0.15, 0.2) is 34.2 Å². The van der Waals surface area contributed by atoms with E-state index in [1.807, 2.05) is 24.3 Å². The molecule has 1 aromatic carbocycles. The molecule has 8 nitrogen and oxygen atoms in total. The number of hydrogen-bond acceptors (Lipinski definition) is 6. The zero-order valence-corrected chi connectivity index (χ0v) is 15.4. The minimum Gasteiger partial charge on any atom is -0.496 e. The number of aromatic amines is 1. The lowest BCUT2D eigenvalue weighted by atomic mass is 10.2. The molecular formula is C17H22N4O4S. The summed E-state index contributed by atoms with van der Waals surface area (Å²) in [6, 6.07) is 7.53. The summed E-state index contributed by atoms with van der Waals surface area (Å²) in [5, 5.41) is 9.80. The van der Waals surface area contributed by atoms with Crippen molar-refractivity contribution in [3.8, 4) is 5.75 Å². The number of para-hydroxylation sites is 1. The van der Waals surface area contributed by atoms with Crippen LogP contribution in [0.3, 0.4) is 0 Å². The smallest absolute Gasteiger partial charge is 0.344 e. The highest BCUT2D eigenvalue weighted by atomic mass is 32.2. The number of aromatic nitrogens is 3. The zero-order chi connectivity index (χ0) is 18.4. The van der Waals surface area contributed by atoms with Crippen LogP contribution >= 0.6 is 11.8 Å². The normalized spacial score (nSPS) is 16.6. The molecule has 2 heterocycles. The molecule has 3 rings (SSSR count). The predicted octanol–water partition coefficient (Wildman–Crippen LogP) is 1.17. The van der Waals surface area contributed by atoms with Crippen LogP contribution in [-0.4, -0.2) is 46.2 Å². The molecule has 0 radical (unpaired) electrons. The molecule has 1 saturated heterocycles. The quantitative estimate of drug-likeness (QED) is 0.669. The Labute approximate surface area is 155 Å². The van der Waals surface area contributed by atoms with E-state index in [4.69, 9.17) is 9.47 Å². The molecule has 0 unspecified atom stereocenters. The number of benzene rings is 1. The van der Waals surface area contributed by atoms with E-state index in [9.17, 15) is 9.59 Å². The Bertz CT molecular complexity index is 798. The largest absolute Gasteiger partial charge is 0.496 e. The number of rotatable bonds is 8. The van der Waals surface area contributed by atoms with Crippen LogP contribution in [0.5, 0.6) is 5.75 Å². The molecule has 1 atom stereocenters. The third-order valence-electron chi connectivity index (χ3n) is 4.13. The molecule has 0 spiro atoms. The molecule has 1 aliphatic heterocycles. The van der Waals surface area contributed by atoms with Gasteiger partial charge in [0.2, 0.25) is 5.91 Å². The fourth-order valence-electron chi connectivity index (χ4n) is 2.79. The van der Waals surface area contributed by atoms with Crippen LogP contribution in [0.2, 0.25) is 0 Å². The van der Waals surface area contributed by atoms with E-state index in [2.05, 4.69) is 15.5 Å². The molecule has 1 aliphatic rings. The summed E-state index contributed by atoms with van der Waals surface area (Å²) >= 11 is 1.23. The van der Waals surface area contributed by atoms with Gasteiger partial charge in [-0.25, -0.2) is 9.89 Å². The minimum absolute atomic E-state index is 0.0315. The Kier molecular flexibility index (Phi) is 6.35.